The van der Waals surface area contributed by atoms with E-state index >= 15 is 0 Å². The van der Waals surface area contributed by atoms with E-state index in [0.29, 0.717) is 17.8 Å². The van der Waals surface area contributed by atoms with Gasteiger partial charge in [-0.25, -0.2) is 4.39 Å². The summed E-state index contributed by atoms with van der Waals surface area (Å²) in [6.07, 6.45) is 6.76. The Balaban J connectivity index is 1.95. The molecule has 1 aromatic rings. The summed E-state index contributed by atoms with van der Waals surface area (Å²) in [5.41, 5.74) is 1.07. The highest BCUT2D eigenvalue weighted by Crippen LogP contribution is 2.39. The lowest BCUT2D eigenvalue weighted by molar-refractivity contribution is 0.423. The second kappa shape index (κ2) is 6.28. The lowest BCUT2D eigenvalue weighted by atomic mass is 9.90. The van der Waals surface area contributed by atoms with Crippen LogP contribution in [0.25, 0.3) is 0 Å². The molecule has 2 rings (SSSR count). The van der Waals surface area contributed by atoms with Gasteiger partial charge in [-0.1, -0.05) is 20.3 Å². The zero-order valence-corrected chi connectivity index (χ0v) is 11.3. The van der Waals surface area contributed by atoms with Crippen molar-refractivity contribution in [2.45, 2.75) is 39.0 Å². The monoisotopic (exact) mass is 250 g/mol. The molecule has 0 spiro atoms. The summed E-state index contributed by atoms with van der Waals surface area (Å²) in [6, 6.07) is 1.65. The summed E-state index contributed by atoms with van der Waals surface area (Å²) in [7, 11) is 0. The van der Waals surface area contributed by atoms with Crippen molar-refractivity contribution in [2.75, 3.05) is 13.1 Å². The van der Waals surface area contributed by atoms with E-state index in [1.54, 1.807) is 6.07 Å². The van der Waals surface area contributed by atoms with Crippen LogP contribution in [-0.4, -0.2) is 18.1 Å². The highest BCUT2D eigenvalue weighted by Gasteiger charge is 2.28. The van der Waals surface area contributed by atoms with Crippen molar-refractivity contribution >= 4 is 0 Å². The Hall–Kier alpha value is -0.960. The van der Waals surface area contributed by atoms with Crippen molar-refractivity contribution in [3.8, 4) is 0 Å². The van der Waals surface area contributed by atoms with Crippen LogP contribution in [0, 0.1) is 17.7 Å². The van der Waals surface area contributed by atoms with Crippen LogP contribution < -0.4 is 5.32 Å². The van der Waals surface area contributed by atoms with Crippen LogP contribution >= 0.6 is 0 Å². The van der Waals surface area contributed by atoms with Crippen molar-refractivity contribution in [3.63, 3.8) is 0 Å². The molecule has 1 aromatic heterocycles. The van der Waals surface area contributed by atoms with Crippen molar-refractivity contribution in [2.24, 2.45) is 11.8 Å². The summed E-state index contributed by atoms with van der Waals surface area (Å²) in [6.45, 7) is 6.54. The summed E-state index contributed by atoms with van der Waals surface area (Å²) in [5, 5.41) is 3.53. The fourth-order valence-corrected chi connectivity index (χ4v) is 2.91. The minimum absolute atomic E-state index is 0.215. The van der Waals surface area contributed by atoms with Gasteiger partial charge >= 0.3 is 0 Å². The number of halogens is 1. The van der Waals surface area contributed by atoms with Crippen molar-refractivity contribution in [3.05, 3.63) is 29.8 Å². The summed E-state index contributed by atoms with van der Waals surface area (Å²) in [5.74, 6) is 1.58. The standard InChI is InChI=1S/C15H23FN2/c1-11(2)7-17-8-12-4-3-5-15(12)13-6-14(16)10-18-9-13/h6,9-12,15,17H,3-5,7-8H2,1-2H3. The Labute approximate surface area is 109 Å². The molecule has 0 aromatic carbocycles. The first-order valence-corrected chi connectivity index (χ1v) is 6.98. The summed E-state index contributed by atoms with van der Waals surface area (Å²) >= 11 is 0. The first-order chi connectivity index (χ1) is 8.66. The van der Waals surface area contributed by atoms with Gasteiger partial charge < -0.3 is 5.32 Å². The molecule has 18 heavy (non-hydrogen) atoms. The molecule has 0 saturated heterocycles. The third kappa shape index (κ3) is 3.52. The van der Waals surface area contributed by atoms with Crippen LogP contribution in [0.5, 0.6) is 0 Å². The number of nitrogens with zero attached hydrogens (tertiary/aromatic N) is 1. The summed E-state index contributed by atoms with van der Waals surface area (Å²) < 4.78 is 13.2. The van der Waals surface area contributed by atoms with Crippen LogP contribution in [0.3, 0.4) is 0 Å². The Kier molecular flexibility index (Phi) is 4.70. The van der Waals surface area contributed by atoms with Gasteiger partial charge in [-0.05, 0) is 55.3 Å². The van der Waals surface area contributed by atoms with Crippen molar-refractivity contribution in [1.29, 1.82) is 0 Å². The fourth-order valence-electron chi connectivity index (χ4n) is 2.91. The molecule has 1 aliphatic carbocycles. The number of hydrogen-bond acceptors (Lipinski definition) is 2. The van der Waals surface area contributed by atoms with E-state index in [1.807, 2.05) is 6.20 Å². The molecule has 1 saturated carbocycles. The average Bonchev–Trinajstić information content (AvgIpc) is 2.77. The van der Waals surface area contributed by atoms with E-state index in [0.717, 1.165) is 18.7 Å². The summed E-state index contributed by atoms with van der Waals surface area (Å²) in [4.78, 5) is 3.98. The Morgan fingerprint density at radius 1 is 1.39 bits per heavy atom. The predicted octanol–water partition coefficient (Wildman–Crippen LogP) is 3.35. The van der Waals surface area contributed by atoms with Crippen LogP contribution in [0.4, 0.5) is 4.39 Å². The van der Waals surface area contributed by atoms with Gasteiger partial charge in [0.15, 0.2) is 0 Å². The fraction of sp³-hybridized carbons (Fsp3) is 0.667. The van der Waals surface area contributed by atoms with Gasteiger partial charge in [-0.15, -0.1) is 0 Å². The Bertz CT molecular complexity index is 379. The maximum absolute atomic E-state index is 13.2. The number of pyridine rings is 1. The quantitative estimate of drug-likeness (QED) is 0.867. The molecule has 1 N–H and O–H groups in total. The number of nitrogens with one attached hydrogen (secondary N) is 1. The van der Waals surface area contributed by atoms with Crippen molar-refractivity contribution < 1.29 is 4.39 Å². The minimum Gasteiger partial charge on any atom is -0.316 e. The minimum atomic E-state index is -0.215. The normalized spacial score (nSPS) is 23.8. The highest BCUT2D eigenvalue weighted by molar-refractivity contribution is 5.18. The predicted molar refractivity (Wildman–Crippen MR) is 72.0 cm³/mol. The topological polar surface area (TPSA) is 24.9 Å². The third-order valence-corrected chi connectivity index (χ3v) is 3.77. The second-order valence-corrected chi connectivity index (χ2v) is 5.79. The molecule has 1 fully saturated rings. The van der Waals surface area contributed by atoms with Gasteiger partial charge in [0.2, 0.25) is 0 Å². The molecule has 2 atom stereocenters. The molecule has 0 bridgehead atoms. The zero-order chi connectivity index (χ0) is 13.0. The molecular formula is C15H23FN2. The van der Waals surface area contributed by atoms with Crippen LogP contribution in [0.15, 0.2) is 18.5 Å². The third-order valence-electron chi connectivity index (χ3n) is 3.77. The number of rotatable bonds is 5. The molecule has 1 heterocycles. The van der Waals surface area contributed by atoms with E-state index < -0.39 is 0 Å². The van der Waals surface area contributed by atoms with E-state index in [9.17, 15) is 4.39 Å². The zero-order valence-electron chi connectivity index (χ0n) is 11.3. The molecule has 2 unspecified atom stereocenters. The molecule has 3 heteroatoms. The van der Waals surface area contributed by atoms with Gasteiger partial charge in [0.25, 0.3) is 0 Å². The lowest BCUT2D eigenvalue weighted by Crippen LogP contribution is -2.27. The Morgan fingerprint density at radius 3 is 2.94 bits per heavy atom. The van der Waals surface area contributed by atoms with Gasteiger partial charge in [-0.2, -0.15) is 0 Å². The van der Waals surface area contributed by atoms with E-state index in [2.05, 4.69) is 24.1 Å². The van der Waals surface area contributed by atoms with Gasteiger partial charge in [0.1, 0.15) is 5.82 Å². The van der Waals surface area contributed by atoms with Crippen LogP contribution in [-0.2, 0) is 0 Å². The molecule has 0 radical (unpaired) electrons. The molecular weight excluding hydrogens is 227 g/mol. The molecule has 2 nitrogen and oxygen atoms in total. The maximum atomic E-state index is 13.2. The van der Waals surface area contributed by atoms with E-state index in [1.165, 1.54) is 25.5 Å². The molecule has 0 aliphatic heterocycles. The number of hydrogen-bond donors (Lipinski definition) is 1. The van der Waals surface area contributed by atoms with E-state index in [-0.39, 0.29) is 5.82 Å². The second-order valence-electron chi connectivity index (χ2n) is 5.79. The smallest absolute Gasteiger partial charge is 0.141 e. The van der Waals surface area contributed by atoms with Crippen molar-refractivity contribution in [1.82, 2.24) is 10.3 Å². The van der Waals surface area contributed by atoms with Crippen LogP contribution in [0.2, 0.25) is 0 Å². The van der Waals surface area contributed by atoms with Gasteiger partial charge in [0, 0.05) is 6.20 Å². The lowest BCUT2D eigenvalue weighted by Gasteiger charge is -2.21. The van der Waals surface area contributed by atoms with Crippen LogP contribution in [0.1, 0.15) is 44.6 Å². The Morgan fingerprint density at radius 2 is 2.22 bits per heavy atom. The SMILES string of the molecule is CC(C)CNCC1CCCC1c1cncc(F)c1. The maximum Gasteiger partial charge on any atom is 0.141 e. The molecule has 1 aliphatic rings. The average molecular weight is 250 g/mol. The largest absolute Gasteiger partial charge is 0.316 e. The first kappa shape index (κ1) is 13.5. The van der Waals surface area contributed by atoms with Gasteiger partial charge in [0.05, 0.1) is 6.20 Å². The molecule has 0 amide bonds. The highest BCUT2D eigenvalue weighted by atomic mass is 19.1. The van der Waals surface area contributed by atoms with E-state index in [4.69, 9.17) is 0 Å². The molecule has 100 valence electrons. The first-order valence-electron chi connectivity index (χ1n) is 6.98. The van der Waals surface area contributed by atoms with Gasteiger partial charge in [-0.3, -0.25) is 4.98 Å². The number of aromatic nitrogens is 1.